The van der Waals surface area contributed by atoms with Crippen molar-refractivity contribution in [3.8, 4) is 0 Å². The molecule has 0 fully saturated rings. The predicted molar refractivity (Wildman–Crippen MR) is 71.5 cm³/mol. The van der Waals surface area contributed by atoms with E-state index in [2.05, 4.69) is 26.6 Å². The lowest BCUT2D eigenvalue weighted by atomic mass is 10.4. The van der Waals surface area contributed by atoms with E-state index in [0.29, 0.717) is 5.82 Å². The molecule has 2 heterocycles. The number of hydrogen-bond donors (Lipinski definition) is 0. The number of imidazole rings is 1. The maximum Gasteiger partial charge on any atom is 0.239 e. The van der Waals surface area contributed by atoms with Crippen LogP contribution in [0.4, 0.5) is 0 Å². The third-order valence-electron chi connectivity index (χ3n) is 2.73. The maximum absolute atomic E-state index is 5.15. The topological polar surface area (TPSA) is 56.7 Å². The molecule has 1 atom stereocenters. The van der Waals surface area contributed by atoms with Crippen LogP contribution in [0.15, 0.2) is 16.9 Å². The third-order valence-corrected chi connectivity index (χ3v) is 3.95. The van der Waals surface area contributed by atoms with Crippen molar-refractivity contribution in [2.45, 2.75) is 39.0 Å². The Hall–Kier alpha value is -1.30. The van der Waals surface area contributed by atoms with Gasteiger partial charge in [0.2, 0.25) is 5.89 Å². The molecule has 2 aromatic heterocycles. The van der Waals surface area contributed by atoms with Crippen molar-refractivity contribution in [1.29, 1.82) is 0 Å². The highest BCUT2D eigenvalue weighted by Crippen LogP contribution is 2.27. The number of aryl methyl sites for hydroxylation is 3. The van der Waals surface area contributed by atoms with E-state index in [4.69, 9.17) is 4.52 Å². The van der Waals surface area contributed by atoms with Gasteiger partial charge < -0.3 is 9.09 Å². The zero-order valence-electron chi connectivity index (χ0n) is 11.0. The quantitative estimate of drug-likeness (QED) is 0.752. The maximum atomic E-state index is 5.15. The Morgan fingerprint density at radius 3 is 2.89 bits per heavy atom. The van der Waals surface area contributed by atoms with Gasteiger partial charge in [-0.2, -0.15) is 4.98 Å². The Morgan fingerprint density at radius 2 is 2.28 bits per heavy atom. The monoisotopic (exact) mass is 266 g/mol. The van der Waals surface area contributed by atoms with Crippen LogP contribution in [0.5, 0.6) is 0 Å². The lowest BCUT2D eigenvalue weighted by Gasteiger charge is -2.07. The largest absolute Gasteiger partial charge is 0.338 e. The van der Waals surface area contributed by atoms with Crippen LogP contribution in [-0.4, -0.2) is 25.4 Å². The lowest BCUT2D eigenvalue weighted by molar-refractivity contribution is 0.376. The molecule has 0 aliphatic carbocycles. The molecule has 0 saturated heterocycles. The van der Waals surface area contributed by atoms with Gasteiger partial charge in [-0.25, -0.2) is 4.98 Å². The summed E-state index contributed by atoms with van der Waals surface area (Å²) in [5, 5.41) is 4.07. The molecule has 1 unspecified atom stereocenters. The molecule has 0 radical (unpaired) electrons. The molecule has 18 heavy (non-hydrogen) atoms. The van der Waals surface area contributed by atoms with Gasteiger partial charge in [0.25, 0.3) is 0 Å². The van der Waals surface area contributed by atoms with Gasteiger partial charge in [0.1, 0.15) is 5.82 Å². The summed E-state index contributed by atoms with van der Waals surface area (Å²) < 4.78 is 7.32. The third kappa shape index (κ3) is 3.35. The summed E-state index contributed by atoms with van der Waals surface area (Å²) in [5.41, 5.74) is 0. The van der Waals surface area contributed by atoms with Gasteiger partial charge in [0.05, 0.1) is 5.25 Å². The van der Waals surface area contributed by atoms with Crippen molar-refractivity contribution >= 4 is 11.8 Å². The molecule has 0 amide bonds. The SMILES string of the molecule is Cc1noc(C(C)SCCCn2ccnc2C)n1. The van der Waals surface area contributed by atoms with E-state index in [1.807, 2.05) is 38.0 Å². The zero-order chi connectivity index (χ0) is 13.0. The molecule has 0 bridgehead atoms. The second-order valence-electron chi connectivity index (χ2n) is 4.21. The summed E-state index contributed by atoms with van der Waals surface area (Å²) in [6, 6.07) is 0. The number of rotatable bonds is 6. The fourth-order valence-electron chi connectivity index (χ4n) is 1.68. The van der Waals surface area contributed by atoms with E-state index in [9.17, 15) is 0 Å². The molecule has 0 N–H and O–H groups in total. The minimum absolute atomic E-state index is 0.259. The zero-order valence-corrected chi connectivity index (χ0v) is 11.8. The van der Waals surface area contributed by atoms with E-state index in [0.717, 1.165) is 30.4 Å². The van der Waals surface area contributed by atoms with Gasteiger partial charge in [0, 0.05) is 18.9 Å². The summed E-state index contributed by atoms with van der Waals surface area (Å²) in [6.07, 6.45) is 4.97. The van der Waals surface area contributed by atoms with Crippen LogP contribution in [0, 0.1) is 13.8 Å². The van der Waals surface area contributed by atoms with Gasteiger partial charge in [-0.3, -0.25) is 0 Å². The molecule has 0 spiro atoms. The van der Waals surface area contributed by atoms with Crippen LogP contribution < -0.4 is 0 Å². The second kappa shape index (κ2) is 6.04. The molecule has 0 aliphatic heterocycles. The van der Waals surface area contributed by atoms with E-state index in [-0.39, 0.29) is 5.25 Å². The molecule has 6 heteroatoms. The van der Waals surface area contributed by atoms with Crippen molar-refractivity contribution in [2.24, 2.45) is 0 Å². The van der Waals surface area contributed by atoms with Crippen LogP contribution in [0.2, 0.25) is 0 Å². The summed E-state index contributed by atoms with van der Waals surface area (Å²) in [7, 11) is 0. The van der Waals surface area contributed by atoms with Crippen molar-refractivity contribution in [1.82, 2.24) is 19.7 Å². The Kier molecular flexibility index (Phi) is 4.41. The first-order valence-corrected chi connectivity index (χ1v) is 7.11. The minimum atomic E-state index is 0.259. The Morgan fingerprint density at radius 1 is 1.44 bits per heavy atom. The van der Waals surface area contributed by atoms with Crippen molar-refractivity contribution in [2.75, 3.05) is 5.75 Å². The molecule has 2 rings (SSSR count). The summed E-state index contributed by atoms with van der Waals surface area (Å²) in [6.45, 7) is 6.97. The number of aromatic nitrogens is 4. The summed E-state index contributed by atoms with van der Waals surface area (Å²) >= 11 is 1.84. The highest BCUT2D eigenvalue weighted by atomic mass is 32.2. The number of nitrogens with zero attached hydrogens (tertiary/aromatic N) is 4. The summed E-state index contributed by atoms with van der Waals surface area (Å²) in [4.78, 5) is 8.44. The molecule has 0 aliphatic rings. The highest BCUT2D eigenvalue weighted by Gasteiger charge is 2.12. The van der Waals surface area contributed by atoms with Crippen molar-refractivity contribution in [3.63, 3.8) is 0 Å². The Balaban J connectivity index is 1.71. The predicted octanol–water partition coefficient (Wildman–Crippen LogP) is 2.77. The van der Waals surface area contributed by atoms with Gasteiger partial charge in [-0.15, -0.1) is 11.8 Å². The lowest BCUT2D eigenvalue weighted by Crippen LogP contribution is -2.01. The highest BCUT2D eigenvalue weighted by molar-refractivity contribution is 7.99. The van der Waals surface area contributed by atoms with Crippen LogP contribution in [0.3, 0.4) is 0 Å². The fraction of sp³-hybridized carbons (Fsp3) is 0.583. The van der Waals surface area contributed by atoms with E-state index >= 15 is 0 Å². The molecular formula is C12H18N4OS. The van der Waals surface area contributed by atoms with Crippen LogP contribution in [0.1, 0.15) is 36.1 Å². The molecule has 5 nitrogen and oxygen atoms in total. The Labute approximate surface area is 111 Å². The van der Waals surface area contributed by atoms with E-state index in [1.165, 1.54) is 0 Å². The van der Waals surface area contributed by atoms with Crippen molar-refractivity contribution < 1.29 is 4.52 Å². The normalized spacial score (nSPS) is 12.8. The van der Waals surface area contributed by atoms with Gasteiger partial charge >= 0.3 is 0 Å². The minimum Gasteiger partial charge on any atom is -0.338 e. The average Bonchev–Trinajstić information content (AvgIpc) is 2.94. The molecule has 98 valence electrons. The van der Waals surface area contributed by atoms with E-state index in [1.54, 1.807) is 0 Å². The van der Waals surface area contributed by atoms with E-state index < -0.39 is 0 Å². The smallest absolute Gasteiger partial charge is 0.239 e. The van der Waals surface area contributed by atoms with Gasteiger partial charge in [0.15, 0.2) is 5.82 Å². The number of thioether (sulfide) groups is 1. The molecule has 0 saturated carbocycles. The molecule has 0 aromatic carbocycles. The fourth-order valence-corrected chi connectivity index (χ4v) is 2.57. The number of hydrogen-bond acceptors (Lipinski definition) is 5. The standard InChI is InChI=1S/C12H18N4OS/c1-9(12-14-10(2)15-17-12)18-8-4-6-16-7-5-13-11(16)3/h5,7,9H,4,6,8H2,1-3H3. The van der Waals surface area contributed by atoms with Gasteiger partial charge in [-0.05, 0) is 32.9 Å². The van der Waals surface area contributed by atoms with Crippen LogP contribution in [0.25, 0.3) is 0 Å². The van der Waals surface area contributed by atoms with Gasteiger partial charge in [-0.1, -0.05) is 5.16 Å². The van der Waals surface area contributed by atoms with Crippen LogP contribution in [-0.2, 0) is 6.54 Å². The summed E-state index contributed by atoms with van der Waals surface area (Å²) in [5.74, 6) is 3.56. The second-order valence-corrected chi connectivity index (χ2v) is 5.66. The van der Waals surface area contributed by atoms with Crippen LogP contribution >= 0.6 is 11.8 Å². The van der Waals surface area contributed by atoms with Crippen molar-refractivity contribution in [3.05, 3.63) is 29.9 Å². The average molecular weight is 266 g/mol. The molecule has 2 aromatic rings. The first-order valence-electron chi connectivity index (χ1n) is 6.06. The Bertz CT molecular complexity index is 494. The first kappa shape index (κ1) is 13.1. The molecular weight excluding hydrogens is 248 g/mol. The first-order chi connectivity index (χ1) is 8.66.